The van der Waals surface area contributed by atoms with Gasteiger partial charge in [-0.05, 0) is 12.8 Å². The minimum Gasteiger partial charge on any atom is -0.479 e. The molecule has 2 amide bonds. The molecule has 19 heavy (non-hydrogen) atoms. The molecular weight excluding hydrogens is 256 g/mol. The lowest BCUT2D eigenvalue weighted by Crippen LogP contribution is -2.48. The van der Waals surface area contributed by atoms with Crippen molar-refractivity contribution in [3.63, 3.8) is 0 Å². The highest BCUT2D eigenvalue weighted by Gasteiger charge is 2.24. The molecule has 4 N–H and O–H groups in total. The summed E-state index contributed by atoms with van der Waals surface area (Å²) in [6.45, 7) is 0.973. The highest BCUT2D eigenvalue weighted by Crippen LogP contribution is 2.13. The second kappa shape index (κ2) is 7.93. The highest BCUT2D eigenvalue weighted by atomic mass is 16.5. The topological polar surface area (TPSA) is 119 Å². The van der Waals surface area contributed by atoms with Crippen LogP contribution in [0, 0.1) is 0 Å². The van der Waals surface area contributed by atoms with Gasteiger partial charge in [0.25, 0.3) is 0 Å². The molecule has 110 valence electrons. The van der Waals surface area contributed by atoms with Gasteiger partial charge >= 0.3 is 12.0 Å². The molecule has 0 aromatic heterocycles. The molecule has 0 aromatic carbocycles. The van der Waals surface area contributed by atoms with Gasteiger partial charge in [-0.1, -0.05) is 0 Å². The summed E-state index contributed by atoms with van der Waals surface area (Å²) < 4.78 is 5.36. The van der Waals surface area contributed by atoms with Crippen molar-refractivity contribution in [2.24, 2.45) is 0 Å². The molecule has 1 unspecified atom stereocenters. The monoisotopic (exact) mass is 276 g/mol. The van der Waals surface area contributed by atoms with E-state index in [0.717, 1.165) is 0 Å². The van der Waals surface area contributed by atoms with Crippen molar-refractivity contribution in [1.29, 1.82) is 0 Å². The lowest BCUT2D eigenvalue weighted by Gasteiger charge is -2.32. The Labute approximate surface area is 111 Å². The van der Waals surface area contributed by atoms with Gasteiger partial charge in [0, 0.05) is 13.1 Å². The average molecular weight is 276 g/mol. The van der Waals surface area contributed by atoms with Crippen molar-refractivity contribution in [2.75, 3.05) is 32.8 Å². The Morgan fingerprint density at radius 1 is 1.37 bits per heavy atom. The van der Waals surface area contributed by atoms with Crippen LogP contribution in [0.25, 0.3) is 0 Å². The van der Waals surface area contributed by atoms with E-state index in [4.69, 9.17) is 20.1 Å². The van der Waals surface area contributed by atoms with E-state index < -0.39 is 12.1 Å². The number of likely N-dealkylation sites (tertiary alicyclic amines) is 1. The van der Waals surface area contributed by atoms with Gasteiger partial charge in [-0.3, -0.25) is 0 Å². The normalized spacial score (nSPS) is 18.1. The summed E-state index contributed by atoms with van der Waals surface area (Å²) in [5.74, 6) is -1.36. The van der Waals surface area contributed by atoms with Crippen LogP contribution in [-0.4, -0.2) is 77.3 Å². The van der Waals surface area contributed by atoms with Crippen LogP contribution in [-0.2, 0) is 9.53 Å². The molecule has 1 aliphatic heterocycles. The quantitative estimate of drug-likeness (QED) is 0.474. The average Bonchev–Trinajstić information content (AvgIpc) is 2.42. The Balaban J connectivity index is 2.23. The fraction of sp³-hybridized carbons (Fsp3) is 0.818. The molecule has 1 atom stereocenters. The maximum Gasteiger partial charge on any atom is 0.334 e. The Hall–Kier alpha value is -1.38. The first kappa shape index (κ1) is 15.7. The Kier molecular flexibility index (Phi) is 6.54. The van der Waals surface area contributed by atoms with E-state index in [1.165, 1.54) is 0 Å². The van der Waals surface area contributed by atoms with Gasteiger partial charge in [-0.2, -0.15) is 0 Å². The number of carboxylic acid groups (broad SMARTS) is 1. The molecule has 0 saturated carbocycles. The number of aliphatic carboxylic acids is 1. The van der Waals surface area contributed by atoms with E-state index in [1.807, 2.05) is 0 Å². The predicted octanol–water partition coefficient (Wildman–Crippen LogP) is -1.39. The van der Waals surface area contributed by atoms with E-state index in [1.54, 1.807) is 4.90 Å². The van der Waals surface area contributed by atoms with Crippen molar-refractivity contribution >= 4 is 12.0 Å². The van der Waals surface area contributed by atoms with Crippen molar-refractivity contribution < 1.29 is 29.6 Å². The van der Waals surface area contributed by atoms with Gasteiger partial charge in [0.2, 0.25) is 0 Å². The number of aliphatic hydroxyl groups is 2. The number of rotatable bonds is 6. The number of ether oxygens (including phenoxy) is 1. The van der Waals surface area contributed by atoms with Crippen LogP contribution >= 0.6 is 0 Å². The number of amides is 2. The SMILES string of the molecule is O=C(O)C(O)CNC(=O)N1CCC(OCCO)CC1. The Morgan fingerprint density at radius 3 is 2.53 bits per heavy atom. The third kappa shape index (κ3) is 5.41. The number of carbonyl (C=O) groups is 2. The number of nitrogens with zero attached hydrogens (tertiary/aromatic N) is 1. The summed E-state index contributed by atoms with van der Waals surface area (Å²) in [5, 5.41) is 28.5. The molecule has 8 nitrogen and oxygen atoms in total. The molecule has 1 fully saturated rings. The summed E-state index contributed by atoms with van der Waals surface area (Å²) in [5.41, 5.74) is 0. The molecule has 1 aliphatic rings. The predicted molar refractivity (Wildman–Crippen MR) is 64.7 cm³/mol. The van der Waals surface area contributed by atoms with Crippen molar-refractivity contribution in [3.05, 3.63) is 0 Å². The summed E-state index contributed by atoms with van der Waals surface area (Å²) in [6, 6.07) is -0.388. The number of aliphatic hydroxyl groups excluding tert-OH is 2. The van der Waals surface area contributed by atoms with Crippen LogP contribution in [0.15, 0.2) is 0 Å². The summed E-state index contributed by atoms with van der Waals surface area (Å²) in [6.07, 6.45) is -0.195. The minimum absolute atomic E-state index is 0.0201. The van der Waals surface area contributed by atoms with Crippen LogP contribution in [0.1, 0.15) is 12.8 Å². The second-order valence-corrected chi connectivity index (χ2v) is 4.32. The maximum atomic E-state index is 11.7. The number of carbonyl (C=O) groups excluding carboxylic acids is 1. The second-order valence-electron chi connectivity index (χ2n) is 4.32. The number of piperidine rings is 1. The van der Waals surface area contributed by atoms with Gasteiger partial charge in [0.05, 0.1) is 25.9 Å². The van der Waals surface area contributed by atoms with E-state index in [2.05, 4.69) is 5.32 Å². The zero-order valence-electron chi connectivity index (χ0n) is 10.6. The van der Waals surface area contributed by atoms with Gasteiger partial charge in [0.15, 0.2) is 6.10 Å². The lowest BCUT2D eigenvalue weighted by atomic mass is 10.1. The zero-order chi connectivity index (χ0) is 14.3. The summed E-state index contributed by atoms with van der Waals surface area (Å²) >= 11 is 0. The molecule has 0 radical (unpaired) electrons. The molecule has 1 saturated heterocycles. The molecule has 0 spiro atoms. The van der Waals surface area contributed by atoms with Crippen LogP contribution < -0.4 is 5.32 Å². The van der Waals surface area contributed by atoms with Crippen LogP contribution in [0.2, 0.25) is 0 Å². The molecule has 0 aliphatic carbocycles. The number of nitrogens with one attached hydrogen (secondary N) is 1. The first-order chi connectivity index (χ1) is 9.04. The largest absolute Gasteiger partial charge is 0.479 e. The van der Waals surface area contributed by atoms with Crippen LogP contribution in [0.5, 0.6) is 0 Å². The number of carboxylic acids is 1. The minimum atomic E-state index is -1.59. The van der Waals surface area contributed by atoms with E-state index >= 15 is 0 Å². The first-order valence-corrected chi connectivity index (χ1v) is 6.20. The van der Waals surface area contributed by atoms with Gasteiger partial charge in [-0.15, -0.1) is 0 Å². The van der Waals surface area contributed by atoms with E-state index in [-0.39, 0.29) is 25.3 Å². The third-order valence-corrected chi connectivity index (χ3v) is 2.91. The smallest absolute Gasteiger partial charge is 0.334 e. The third-order valence-electron chi connectivity index (χ3n) is 2.91. The van der Waals surface area contributed by atoms with Gasteiger partial charge in [-0.25, -0.2) is 9.59 Å². The first-order valence-electron chi connectivity index (χ1n) is 6.20. The zero-order valence-corrected chi connectivity index (χ0v) is 10.6. The molecule has 1 rings (SSSR count). The summed E-state index contributed by atoms with van der Waals surface area (Å²) in [4.78, 5) is 23.6. The Morgan fingerprint density at radius 2 is 2.00 bits per heavy atom. The molecule has 0 aromatic rings. The fourth-order valence-corrected chi connectivity index (χ4v) is 1.83. The Bertz CT molecular complexity index is 304. The van der Waals surface area contributed by atoms with Crippen molar-refractivity contribution in [3.8, 4) is 0 Å². The molecule has 1 heterocycles. The number of hydrogen-bond donors (Lipinski definition) is 4. The van der Waals surface area contributed by atoms with Crippen molar-refractivity contribution in [2.45, 2.75) is 25.0 Å². The highest BCUT2D eigenvalue weighted by molar-refractivity contribution is 5.76. The molecule has 8 heteroatoms. The van der Waals surface area contributed by atoms with E-state index in [9.17, 15) is 9.59 Å². The van der Waals surface area contributed by atoms with Crippen LogP contribution in [0.3, 0.4) is 0 Å². The molecule has 0 bridgehead atoms. The fourth-order valence-electron chi connectivity index (χ4n) is 1.83. The van der Waals surface area contributed by atoms with Gasteiger partial charge in [0.1, 0.15) is 0 Å². The number of hydrogen-bond acceptors (Lipinski definition) is 5. The molecular formula is C11H20N2O6. The maximum absolute atomic E-state index is 11.7. The standard InChI is InChI=1S/C11H20N2O6/c14-5-6-19-8-1-3-13(4-2-8)11(18)12-7-9(15)10(16)17/h8-9,14-15H,1-7H2,(H,12,18)(H,16,17). The van der Waals surface area contributed by atoms with Crippen LogP contribution in [0.4, 0.5) is 4.79 Å². The van der Waals surface area contributed by atoms with E-state index in [0.29, 0.717) is 32.5 Å². The summed E-state index contributed by atoms with van der Waals surface area (Å²) in [7, 11) is 0. The number of urea groups is 1. The lowest BCUT2D eigenvalue weighted by molar-refractivity contribution is -0.146. The van der Waals surface area contributed by atoms with Gasteiger partial charge < -0.3 is 30.3 Å². The van der Waals surface area contributed by atoms with Crippen molar-refractivity contribution in [1.82, 2.24) is 10.2 Å².